The molecule has 0 saturated carbocycles. The Morgan fingerprint density at radius 3 is 1.00 bits per heavy atom. The highest BCUT2D eigenvalue weighted by Gasteiger charge is 2.53. The second kappa shape index (κ2) is 2.92. The van der Waals surface area contributed by atoms with E-state index >= 15 is 0 Å². The molecular formula is C6H9F3S3. The molecule has 0 nitrogen and oxygen atoms in total. The maximum Gasteiger partial charge on any atom is 0.206 e. The first-order chi connectivity index (χ1) is 5.12. The van der Waals surface area contributed by atoms with Gasteiger partial charge in [-0.15, -0.1) is 0 Å². The molecule has 0 aromatic carbocycles. The summed E-state index contributed by atoms with van der Waals surface area (Å²) in [5, 5.41) is 0. The van der Waals surface area contributed by atoms with Gasteiger partial charge in [0.1, 0.15) is 0 Å². The van der Waals surface area contributed by atoms with Gasteiger partial charge in [-0.2, -0.15) is 0 Å². The van der Waals surface area contributed by atoms with Gasteiger partial charge >= 0.3 is 0 Å². The van der Waals surface area contributed by atoms with Gasteiger partial charge < -0.3 is 0 Å². The predicted octanol–water partition coefficient (Wildman–Crippen LogP) is 4.13. The third-order valence-corrected chi connectivity index (χ3v) is 4.78. The average molecular weight is 234 g/mol. The molecule has 1 saturated heterocycles. The van der Waals surface area contributed by atoms with Gasteiger partial charge in [0.15, 0.2) is 0 Å². The Hall–Kier alpha value is 0.840. The van der Waals surface area contributed by atoms with Crippen molar-refractivity contribution in [2.45, 2.75) is 33.8 Å². The van der Waals surface area contributed by atoms with Gasteiger partial charge in [0.05, 0.1) is 0 Å². The van der Waals surface area contributed by atoms with Crippen LogP contribution in [0.3, 0.4) is 0 Å². The van der Waals surface area contributed by atoms with Gasteiger partial charge in [-0.05, 0) is 20.8 Å². The van der Waals surface area contributed by atoms with Crippen LogP contribution in [0.5, 0.6) is 0 Å². The van der Waals surface area contributed by atoms with Crippen molar-refractivity contribution in [3.05, 3.63) is 0 Å². The Morgan fingerprint density at radius 2 is 0.833 bits per heavy atom. The summed E-state index contributed by atoms with van der Waals surface area (Å²) in [4.78, 5) is 0. The Labute approximate surface area is 82.4 Å². The SMILES string of the molecule is CC1(F)SC(C)(F)SC(C)(F)S1. The largest absolute Gasteiger partial charge is 0.220 e. The van der Waals surface area contributed by atoms with Crippen molar-refractivity contribution < 1.29 is 13.2 Å². The zero-order chi connectivity index (χ0) is 9.62. The molecular weight excluding hydrogens is 225 g/mol. The normalized spacial score (nSPS) is 55.5. The summed E-state index contributed by atoms with van der Waals surface area (Å²) in [6, 6.07) is 0. The summed E-state index contributed by atoms with van der Waals surface area (Å²) < 4.78 is 34.2. The van der Waals surface area contributed by atoms with Gasteiger partial charge in [-0.1, -0.05) is 35.3 Å². The Balaban J connectivity index is 2.81. The van der Waals surface area contributed by atoms with Gasteiger partial charge in [-0.3, -0.25) is 0 Å². The lowest BCUT2D eigenvalue weighted by molar-refractivity contribution is 0.366. The van der Waals surface area contributed by atoms with E-state index in [1.54, 1.807) is 0 Å². The van der Waals surface area contributed by atoms with Crippen LogP contribution in [0.4, 0.5) is 13.2 Å². The molecule has 0 amide bonds. The summed E-state index contributed by atoms with van der Waals surface area (Å²) in [5.41, 5.74) is 0. The van der Waals surface area contributed by atoms with Gasteiger partial charge in [0.25, 0.3) is 0 Å². The zero-order valence-corrected chi connectivity index (χ0v) is 9.31. The number of thioether (sulfide) groups is 3. The maximum absolute atomic E-state index is 13.3. The summed E-state index contributed by atoms with van der Waals surface area (Å²) in [6.07, 6.45) is 0. The van der Waals surface area contributed by atoms with Crippen LogP contribution in [0.2, 0.25) is 0 Å². The third-order valence-electron chi connectivity index (χ3n) is 1.09. The molecule has 1 aliphatic rings. The fraction of sp³-hybridized carbons (Fsp3) is 1.00. The lowest BCUT2D eigenvalue weighted by Crippen LogP contribution is -2.32. The van der Waals surface area contributed by atoms with Gasteiger partial charge in [0.2, 0.25) is 13.0 Å². The molecule has 0 aliphatic carbocycles. The van der Waals surface area contributed by atoms with Crippen molar-refractivity contribution >= 4 is 35.3 Å². The standard InChI is InChI=1S/C6H9F3S3/c1-4(7)10-5(2,8)12-6(3,9)11-4/h1-3H3. The minimum atomic E-state index is -1.89. The van der Waals surface area contributed by atoms with Crippen LogP contribution in [0.1, 0.15) is 20.8 Å². The molecule has 72 valence electrons. The monoisotopic (exact) mass is 234 g/mol. The molecule has 1 fully saturated rings. The first-order valence-corrected chi connectivity index (χ1v) is 5.74. The molecule has 1 rings (SSSR count). The van der Waals surface area contributed by atoms with Crippen LogP contribution in [0.15, 0.2) is 0 Å². The Kier molecular flexibility index (Phi) is 2.65. The van der Waals surface area contributed by atoms with Crippen molar-refractivity contribution in [1.82, 2.24) is 0 Å². The molecule has 1 aliphatic heterocycles. The molecule has 0 unspecified atom stereocenters. The van der Waals surface area contributed by atoms with Crippen molar-refractivity contribution in [3.8, 4) is 0 Å². The molecule has 6 heteroatoms. The Bertz CT molecular complexity index is 145. The van der Waals surface area contributed by atoms with E-state index in [4.69, 9.17) is 0 Å². The predicted molar refractivity (Wildman–Crippen MR) is 51.3 cm³/mol. The van der Waals surface area contributed by atoms with E-state index in [1.165, 1.54) is 20.8 Å². The molecule has 0 atom stereocenters. The van der Waals surface area contributed by atoms with Crippen molar-refractivity contribution in [3.63, 3.8) is 0 Å². The van der Waals surface area contributed by atoms with Crippen LogP contribution in [0, 0.1) is 0 Å². The third kappa shape index (κ3) is 2.96. The molecule has 0 aromatic heterocycles. The van der Waals surface area contributed by atoms with Crippen LogP contribution >= 0.6 is 35.3 Å². The quantitative estimate of drug-likeness (QED) is 0.618. The highest BCUT2D eigenvalue weighted by Crippen LogP contribution is 2.65. The zero-order valence-electron chi connectivity index (χ0n) is 6.86. The average Bonchev–Trinajstić information content (AvgIpc) is 1.44. The molecule has 0 spiro atoms. The van der Waals surface area contributed by atoms with E-state index < -0.39 is 13.0 Å². The fourth-order valence-electron chi connectivity index (χ4n) is 1.04. The van der Waals surface area contributed by atoms with E-state index in [2.05, 4.69) is 0 Å². The van der Waals surface area contributed by atoms with E-state index in [9.17, 15) is 13.2 Å². The van der Waals surface area contributed by atoms with Crippen LogP contribution in [-0.2, 0) is 0 Å². The summed E-state index contributed by atoms with van der Waals surface area (Å²) in [7, 11) is 0. The van der Waals surface area contributed by atoms with Gasteiger partial charge in [0, 0.05) is 0 Å². The van der Waals surface area contributed by atoms with Crippen LogP contribution in [0.25, 0.3) is 0 Å². The number of rotatable bonds is 0. The van der Waals surface area contributed by atoms with Crippen LogP contribution in [-0.4, -0.2) is 13.0 Å². The topological polar surface area (TPSA) is 0 Å². The molecule has 12 heavy (non-hydrogen) atoms. The number of hydrogen-bond acceptors (Lipinski definition) is 3. The summed E-state index contributed by atoms with van der Waals surface area (Å²) in [6.45, 7) is 3.53. The highest BCUT2D eigenvalue weighted by molar-refractivity contribution is 8.35. The first kappa shape index (κ1) is 10.9. The second-order valence-electron chi connectivity index (χ2n) is 2.81. The molecule has 0 radical (unpaired) electrons. The maximum atomic E-state index is 13.3. The molecule has 0 aromatic rings. The van der Waals surface area contributed by atoms with E-state index in [1.807, 2.05) is 0 Å². The fourth-order valence-corrected chi connectivity index (χ4v) is 6.78. The molecule has 0 N–H and O–H groups in total. The lowest BCUT2D eigenvalue weighted by atomic mass is 10.8. The summed E-state index contributed by atoms with van der Waals surface area (Å²) >= 11 is 1.50. The van der Waals surface area contributed by atoms with Crippen LogP contribution < -0.4 is 0 Å². The van der Waals surface area contributed by atoms with Crippen molar-refractivity contribution in [1.29, 1.82) is 0 Å². The van der Waals surface area contributed by atoms with Gasteiger partial charge in [-0.25, -0.2) is 13.2 Å². The Morgan fingerprint density at radius 1 is 0.667 bits per heavy atom. The minimum absolute atomic E-state index is 0.501. The summed E-state index contributed by atoms with van der Waals surface area (Å²) in [5.74, 6) is 0. The van der Waals surface area contributed by atoms with Crippen molar-refractivity contribution in [2.75, 3.05) is 0 Å². The van der Waals surface area contributed by atoms with Crippen molar-refractivity contribution in [2.24, 2.45) is 0 Å². The highest BCUT2D eigenvalue weighted by atomic mass is 32.3. The molecule has 0 bridgehead atoms. The second-order valence-corrected chi connectivity index (χ2v) is 8.80. The van der Waals surface area contributed by atoms with E-state index in [-0.39, 0.29) is 0 Å². The minimum Gasteiger partial charge on any atom is -0.220 e. The smallest absolute Gasteiger partial charge is 0.206 e. The first-order valence-electron chi connectivity index (χ1n) is 3.29. The number of hydrogen-bond donors (Lipinski definition) is 0. The number of alkyl halides is 3. The van der Waals surface area contributed by atoms with E-state index in [0.717, 1.165) is 0 Å². The van der Waals surface area contributed by atoms with E-state index in [0.29, 0.717) is 35.3 Å². The molecule has 1 heterocycles. The lowest BCUT2D eigenvalue weighted by Gasteiger charge is -2.39. The number of halogens is 3.